The van der Waals surface area contributed by atoms with E-state index < -0.39 is 0 Å². The Labute approximate surface area is 127 Å². The van der Waals surface area contributed by atoms with E-state index in [0.717, 1.165) is 32.6 Å². The molecular formula is C17H27N3O+2. The molecular weight excluding hydrogens is 262 g/mol. The van der Waals surface area contributed by atoms with Crippen LogP contribution in [0.15, 0.2) is 24.5 Å². The predicted molar refractivity (Wildman–Crippen MR) is 80.6 cm³/mol. The fourth-order valence-electron chi connectivity index (χ4n) is 3.72. The second kappa shape index (κ2) is 7.03. The van der Waals surface area contributed by atoms with E-state index in [1.807, 2.05) is 12.4 Å². The number of pyridine rings is 1. The van der Waals surface area contributed by atoms with Crippen molar-refractivity contribution in [2.24, 2.45) is 5.92 Å². The Balaban J connectivity index is 1.56. The summed E-state index contributed by atoms with van der Waals surface area (Å²) in [5.74, 6) is 0.676. The molecule has 4 heteroatoms. The number of amides is 1. The van der Waals surface area contributed by atoms with E-state index in [0.29, 0.717) is 5.91 Å². The van der Waals surface area contributed by atoms with E-state index >= 15 is 0 Å². The summed E-state index contributed by atoms with van der Waals surface area (Å²) in [5.41, 5.74) is 1.36. The number of hydrogen-bond donors (Lipinski definition) is 1. The van der Waals surface area contributed by atoms with E-state index in [1.54, 1.807) is 4.90 Å². The number of aromatic amines is 1. The van der Waals surface area contributed by atoms with Crippen LogP contribution in [0.2, 0.25) is 0 Å². The molecule has 2 unspecified atom stereocenters. The molecule has 0 saturated carbocycles. The minimum Gasteiger partial charge on any atom is -0.342 e. The molecule has 1 amide bonds. The topological polar surface area (TPSA) is 38.9 Å². The normalized spacial score (nSPS) is 26.6. The van der Waals surface area contributed by atoms with Gasteiger partial charge in [0, 0.05) is 30.8 Å². The Morgan fingerprint density at radius 2 is 1.95 bits per heavy atom. The number of H-pyrrole nitrogens is 1. The van der Waals surface area contributed by atoms with Gasteiger partial charge in [-0.1, -0.05) is 0 Å². The SMILES string of the molecule is O=C(C1CCC[NH+](Cc2cc[nH+]cc2)C1)N1CCCCC1. The Kier molecular flexibility index (Phi) is 4.86. The lowest BCUT2D eigenvalue weighted by Crippen LogP contribution is -3.12. The highest BCUT2D eigenvalue weighted by molar-refractivity contribution is 5.79. The molecule has 2 aliphatic rings. The molecule has 2 atom stereocenters. The first-order valence-corrected chi connectivity index (χ1v) is 8.40. The number of piperidine rings is 2. The van der Waals surface area contributed by atoms with Crippen LogP contribution in [0.4, 0.5) is 0 Å². The lowest BCUT2D eigenvalue weighted by atomic mass is 9.95. The van der Waals surface area contributed by atoms with Crippen molar-refractivity contribution < 1.29 is 14.7 Å². The molecule has 2 saturated heterocycles. The molecule has 1 aromatic heterocycles. The molecule has 0 bridgehead atoms. The second-order valence-corrected chi connectivity index (χ2v) is 6.51. The van der Waals surface area contributed by atoms with Crippen LogP contribution < -0.4 is 9.88 Å². The Morgan fingerprint density at radius 1 is 1.19 bits per heavy atom. The van der Waals surface area contributed by atoms with Crippen LogP contribution in [-0.2, 0) is 11.3 Å². The van der Waals surface area contributed by atoms with Gasteiger partial charge in [-0.25, -0.2) is 4.98 Å². The van der Waals surface area contributed by atoms with Crippen molar-refractivity contribution in [1.29, 1.82) is 0 Å². The van der Waals surface area contributed by atoms with Gasteiger partial charge < -0.3 is 9.80 Å². The number of quaternary nitrogens is 1. The Morgan fingerprint density at radius 3 is 2.71 bits per heavy atom. The van der Waals surface area contributed by atoms with E-state index in [-0.39, 0.29) is 5.92 Å². The quantitative estimate of drug-likeness (QED) is 0.854. The van der Waals surface area contributed by atoms with Gasteiger partial charge in [0.15, 0.2) is 12.4 Å². The second-order valence-electron chi connectivity index (χ2n) is 6.51. The van der Waals surface area contributed by atoms with Gasteiger partial charge in [0.05, 0.1) is 19.0 Å². The van der Waals surface area contributed by atoms with Crippen LogP contribution >= 0.6 is 0 Å². The summed E-state index contributed by atoms with van der Waals surface area (Å²) >= 11 is 0. The third-order valence-electron chi connectivity index (χ3n) is 4.88. The van der Waals surface area contributed by atoms with Crippen molar-refractivity contribution in [3.63, 3.8) is 0 Å². The minimum atomic E-state index is 0.252. The Hall–Kier alpha value is -1.42. The number of nitrogens with zero attached hydrogens (tertiary/aromatic N) is 1. The maximum atomic E-state index is 12.7. The predicted octanol–water partition coefficient (Wildman–Crippen LogP) is 0.308. The molecule has 0 spiro atoms. The zero-order valence-corrected chi connectivity index (χ0v) is 12.8. The number of aromatic nitrogens is 1. The lowest BCUT2D eigenvalue weighted by molar-refractivity contribution is -0.921. The number of carbonyl (C=O) groups is 1. The van der Waals surface area contributed by atoms with Crippen LogP contribution in [0, 0.1) is 5.92 Å². The minimum absolute atomic E-state index is 0.252. The highest BCUT2D eigenvalue weighted by Gasteiger charge is 2.32. The van der Waals surface area contributed by atoms with E-state index in [9.17, 15) is 4.79 Å². The molecule has 3 heterocycles. The zero-order valence-electron chi connectivity index (χ0n) is 12.8. The summed E-state index contributed by atoms with van der Waals surface area (Å²) in [6, 6.07) is 4.28. The number of likely N-dealkylation sites (tertiary alicyclic amines) is 2. The fraction of sp³-hybridized carbons (Fsp3) is 0.647. The molecule has 4 nitrogen and oxygen atoms in total. The third-order valence-corrected chi connectivity index (χ3v) is 4.88. The maximum absolute atomic E-state index is 12.7. The summed E-state index contributed by atoms with van der Waals surface area (Å²) in [4.78, 5) is 19.4. The molecule has 3 rings (SSSR count). The van der Waals surface area contributed by atoms with Gasteiger partial charge in [-0.2, -0.15) is 0 Å². The van der Waals surface area contributed by atoms with E-state index in [2.05, 4.69) is 22.0 Å². The average Bonchev–Trinajstić information content (AvgIpc) is 2.56. The standard InChI is InChI=1S/C17H25N3O/c21-17(20-11-2-1-3-12-20)16-5-4-10-19(14-16)13-15-6-8-18-9-7-15/h6-9,16H,1-5,10-14H2/p+2. The van der Waals surface area contributed by atoms with Crippen molar-refractivity contribution in [1.82, 2.24) is 4.90 Å². The van der Waals surface area contributed by atoms with Gasteiger partial charge >= 0.3 is 0 Å². The molecule has 2 aliphatic heterocycles. The van der Waals surface area contributed by atoms with Crippen LogP contribution in [-0.4, -0.2) is 37.0 Å². The van der Waals surface area contributed by atoms with Gasteiger partial charge in [0.25, 0.3) is 0 Å². The lowest BCUT2D eigenvalue weighted by Gasteiger charge is -2.34. The van der Waals surface area contributed by atoms with Gasteiger partial charge in [0.2, 0.25) is 5.91 Å². The number of carbonyl (C=O) groups excluding carboxylic acids is 1. The van der Waals surface area contributed by atoms with Gasteiger partial charge in [0.1, 0.15) is 6.54 Å². The van der Waals surface area contributed by atoms with Crippen molar-refractivity contribution in [3.8, 4) is 0 Å². The molecule has 0 aromatic carbocycles. The largest absolute Gasteiger partial charge is 0.342 e. The molecule has 2 fully saturated rings. The van der Waals surface area contributed by atoms with Crippen LogP contribution in [0.3, 0.4) is 0 Å². The molecule has 114 valence electrons. The maximum Gasteiger partial charge on any atom is 0.231 e. The van der Waals surface area contributed by atoms with Crippen molar-refractivity contribution >= 4 is 5.91 Å². The number of rotatable bonds is 3. The first kappa shape index (κ1) is 14.5. The molecule has 1 aromatic rings. The summed E-state index contributed by atoms with van der Waals surface area (Å²) in [5, 5.41) is 0. The molecule has 0 radical (unpaired) electrons. The van der Waals surface area contributed by atoms with Gasteiger partial charge in [-0.05, 0) is 32.1 Å². The number of hydrogen-bond acceptors (Lipinski definition) is 1. The molecule has 21 heavy (non-hydrogen) atoms. The highest BCUT2D eigenvalue weighted by atomic mass is 16.2. The Bertz CT molecular complexity index is 456. The average molecular weight is 289 g/mol. The number of nitrogens with one attached hydrogen (secondary N) is 2. The zero-order chi connectivity index (χ0) is 14.5. The van der Waals surface area contributed by atoms with Crippen molar-refractivity contribution in [3.05, 3.63) is 30.1 Å². The monoisotopic (exact) mass is 289 g/mol. The van der Waals surface area contributed by atoms with Crippen LogP contribution in [0.1, 0.15) is 37.7 Å². The summed E-state index contributed by atoms with van der Waals surface area (Å²) in [6.45, 7) is 5.22. The summed E-state index contributed by atoms with van der Waals surface area (Å²) < 4.78 is 0. The molecule has 0 aliphatic carbocycles. The summed E-state index contributed by atoms with van der Waals surface area (Å²) in [6.07, 6.45) is 9.89. The van der Waals surface area contributed by atoms with Gasteiger partial charge in [-0.15, -0.1) is 0 Å². The van der Waals surface area contributed by atoms with E-state index in [1.165, 1.54) is 37.8 Å². The van der Waals surface area contributed by atoms with Crippen LogP contribution in [0.25, 0.3) is 0 Å². The first-order chi connectivity index (χ1) is 10.3. The highest BCUT2D eigenvalue weighted by Crippen LogP contribution is 2.16. The van der Waals surface area contributed by atoms with E-state index in [4.69, 9.17) is 0 Å². The molecule has 2 N–H and O–H groups in total. The van der Waals surface area contributed by atoms with Crippen LogP contribution in [0.5, 0.6) is 0 Å². The smallest absolute Gasteiger partial charge is 0.231 e. The van der Waals surface area contributed by atoms with Gasteiger partial charge in [-0.3, -0.25) is 4.79 Å². The first-order valence-electron chi connectivity index (χ1n) is 8.40. The third kappa shape index (κ3) is 3.82. The van der Waals surface area contributed by atoms with Crippen molar-refractivity contribution in [2.45, 2.75) is 38.6 Å². The van der Waals surface area contributed by atoms with Crippen molar-refractivity contribution in [2.75, 3.05) is 26.2 Å². The fourth-order valence-corrected chi connectivity index (χ4v) is 3.72. The summed E-state index contributed by atoms with van der Waals surface area (Å²) in [7, 11) is 0.